The Hall–Kier alpha value is -2.29. The molecule has 0 saturated carbocycles. The number of amides is 1. The Bertz CT molecular complexity index is 716. The van der Waals surface area contributed by atoms with E-state index in [4.69, 9.17) is 4.74 Å². The van der Waals surface area contributed by atoms with Crippen LogP contribution in [0.3, 0.4) is 0 Å². The lowest BCUT2D eigenvalue weighted by Crippen LogP contribution is -2.38. The van der Waals surface area contributed by atoms with Crippen molar-refractivity contribution in [2.45, 2.75) is 53.7 Å². The molecule has 1 amide bonds. The first-order valence-corrected chi connectivity index (χ1v) is 8.38. The van der Waals surface area contributed by atoms with Crippen LogP contribution in [0.15, 0.2) is 36.4 Å². The van der Waals surface area contributed by atoms with Gasteiger partial charge in [0.2, 0.25) is 0 Å². The van der Waals surface area contributed by atoms with Crippen LogP contribution in [0.5, 0.6) is 5.75 Å². The van der Waals surface area contributed by atoms with Crippen LogP contribution in [0.25, 0.3) is 0 Å². The van der Waals surface area contributed by atoms with E-state index in [1.165, 1.54) is 11.1 Å². The quantitative estimate of drug-likeness (QED) is 0.875. The molecule has 0 fully saturated rings. The molecule has 0 heterocycles. The predicted octanol–water partition coefficient (Wildman–Crippen LogP) is 4.56. The molecular weight excluding hydrogens is 298 g/mol. The van der Waals surface area contributed by atoms with Crippen molar-refractivity contribution in [3.05, 3.63) is 64.2 Å². The van der Waals surface area contributed by atoms with Crippen LogP contribution in [0.4, 0.5) is 0 Å². The van der Waals surface area contributed by atoms with Gasteiger partial charge in [-0.3, -0.25) is 4.79 Å². The Kier molecular flexibility index (Phi) is 5.66. The molecule has 2 aromatic rings. The van der Waals surface area contributed by atoms with Gasteiger partial charge in [0.25, 0.3) is 5.91 Å². The second-order valence-electron chi connectivity index (χ2n) is 6.67. The van der Waals surface area contributed by atoms with Crippen molar-refractivity contribution >= 4 is 5.91 Å². The van der Waals surface area contributed by atoms with Crippen molar-refractivity contribution in [3.8, 4) is 5.75 Å². The minimum atomic E-state index is -0.543. The number of hydrogen-bond donors (Lipinski definition) is 1. The number of aryl methyl sites for hydroxylation is 4. The van der Waals surface area contributed by atoms with Gasteiger partial charge in [-0.2, -0.15) is 0 Å². The molecule has 0 radical (unpaired) electrons. The molecule has 0 aliphatic rings. The number of hydrogen-bond acceptors (Lipinski definition) is 2. The lowest BCUT2D eigenvalue weighted by molar-refractivity contribution is -0.127. The van der Waals surface area contributed by atoms with Gasteiger partial charge in [0.1, 0.15) is 5.75 Å². The number of rotatable bonds is 5. The van der Waals surface area contributed by atoms with Crippen molar-refractivity contribution in [1.82, 2.24) is 5.32 Å². The fraction of sp³-hybridized carbons (Fsp3) is 0.381. The standard InChI is InChI=1S/C21H27NO2/c1-13-7-8-16(4)20(12-13)17(5)22-21(23)18(6)24-19-10-14(2)9-15(3)11-19/h7-12,17-18H,1-6H3,(H,22,23)/t17-,18+/m0/s1. The molecule has 0 unspecified atom stereocenters. The van der Waals surface area contributed by atoms with Crippen LogP contribution in [0.1, 0.15) is 47.7 Å². The highest BCUT2D eigenvalue weighted by molar-refractivity contribution is 5.81. The van der Waals surface area contributed by atoms with Crippen LogP contribution in [-0.4, -0.2) is 12.0 Å². The van der Waals surface area contributed by atoms with E-state index in [1.807, 2.05) is 32.9 Å². The van der Waals surface area contributed by atoms with E-state index < -0.39 is 6.10 Å². The Balaban J connectivity index is 2.04. The van der Waals surface area contributed by atoms with Crippen molar-refractivity contribution < 1.29 is 9.53 Å². The highest BCUT2D eigenvalue weighted by Crippen LogP contribution is 2.20. The summed E-state index contributed by atoms with van der Waals surface area (Å²) in [6.07, 6.45) is -0.543. The summed E-state index contributed by atoms with van der Waals surface area (Å²) < 4.78 is 5.82. The van der Waals surface area contributed by atoms with Crippen LogP contribution in [0, 0.1) is 27.7 Å². The van der Waals surface area contributed by atoms with Crippen molar-refractivity contribution in [3.63, 3.8) is 0 Å². The van der Waals surface area contributed by atoms with E-state index in [1.54, 1.807) is 6.92 Å². The molecule has 0 bridgehead atoms. The molecular formula is C21H27NO2. The summed E-state index contributed by atoms with van der Waals surface area (Å²) >= 11 is 0. The number of carbonyl (C=O) groups is 1. The van der Waals surface area contributed by atoms with Gasteiger partial charge < -0.3 is 10.1 Å². The fourth-order valence-corrected chi connectivity index (χ4v) is 2.89. The molecule has 3 nitrogen and oxygen atoms in total. The molecule has 0 aromatic heterocycles. The van der Waals surface area contributed by atoms with E-state index in [9.17, 15) is 4.79 Å². The average molecular weight is 325 g/mol. The average Bonchev–Trinajstić information content (AvgIpc) is 2.48. The maximum atomic E-state index is 12.5. The summed E-state index contributed by atoms with van der Waals surface area (Å²) in [5.74, 6) is 0.622. The Morgan fingerprint density at radius 1 is 0.917 bits per heavy atom. The number of nitrogens with one attached hydrogen (secondary N) is 1. The molecule has 0 aliphatic carbocycles. The summed E-state index contributed by atoms with van der Waals surface area (Å²) in [7, 11) is 0. The van der Waals surface area contributed by atoms with Gasteiger partial charge in [0.15, 0.2) is 6.10 Å². The van der Waals surface area contributed by atoms with Gasteiger partial charge in [-0.15, -0.1) is 0 Å². The van der Waals surface area contributed by atoms with Gasteiger partial charge in [-0.05, 0) is 75.9 Å². The van der Waals surface area contributed by atoms with E-state index in [0.29, 0.717) is 0 Å². The SMILES string of the molecule is Cc1cc(C)cc(O[C@H](C)C(=O)N[C@@H](C)c2cc(C)ccc2C)c1. The molecule has 2 rings (SSSR count). The molecule has 0 saturated heterocycles. The van der Waals surface area contributed by atoms with Crippen LogP contribution >= 0.6 is 0 Å². The summed E-state index contributed by atoms with van der Waals surface area (Å²) in [5, 5.41) is 3.05. The zero-order valence-electron chi connectivity index (χ0n) is 15.4. The summed E-state index contributed by atoms with van der Waals surface area (Å²) in [6, 6.07) is 12.2. The minimum absolute atomic E-state index is 0.0531. The third kappa shape index (κ3) is 4.60. The predicted molar refractivity (Wildman–Crippen MR) is 98.5 cm³/mol. The molecule has 0 spiro atoms. The highest BCUT2D eigenvalue weighted by Gasteiger charge is 2.19. The van der Waals surface area contributed by atoms with Crippen molar-refractivity contribution in [1.29, 1.82) is 0 Å². The molecule has 128 valence electrons. The smallest absolute Gasteiger partial charge is 0.261 e. The lowest BCUT2D eigenvalue weighted by atomic mass is 10.00. The monoisotopic (exact) mass is 325 g/mol. The lowest BCUT2D eigenvalue weighted by Gasteiger charge is -2.21. The molecule has 3 heteroatoms. The second-order valence-corrected chi connectivity index (χ2v) is 6.67. The van der Waals surface area contributed by atoms with E-state index in [0.717, 1.165) is 22.4 Å². The number of ether oxygens (including phenoxy) is 1. The molecule has 1 N–H and O–H groups in total. The normalized spacial score (nSPS) is 13.2. The fourth-order valence-electron chi connectivity index (χ4n) is 2.89. The summed E-state index contributed by atoms with van der Waals surface area (Å²) in [5.41, 5.74) is 5.76. The Morgan fingerprint density at radius 3 is 2.17 bits per heavy atom. The first-order chi connectivity index (χ1) is 11.3. The zero-order chi connectivity index (χ0) is 17.9. The molecule has 0 aliphatic heterocycles. The van der Waals surface area contributed by atoms with E-state index in [-0.39, 0.29) is 11.9 Å². The van der Waals surface area contributed by atoms with Crippen molar-refractivity contribution in [2.24, 2.45) is 0 Å². The maximum Gasteiger partial charge on any atom is 0.261 e. The van der Waals surface area contributed by atoms with Gasteiger partial charge in [0.05, 0.1) is 6.04 Å². The topological polar surface area (TPSA) is 38.3 Å². The van der Waals surface area contributed by atoms with E-state index >= 15 is 0 Å². The number of carbonyl (C=O) groups excluding carboxylic acids is 1. The van der Waals surface area contributed by atoms with Crippen molar-refractivity contribution in [2.75, 3.05) is 0 Å². The van der Waals surface area contributed by atoms with Crippen LogP contribution < -0.4 is 10.1 Å². The largest absolute Gasteiger partial charge is 0.481 e. The molecule has 24 heavy (non-hydrogen) atoms. The van der Waals surface area contributed by atoms with E-state index in [2.05, 4.69) is 43.4 Å². The van der Waals surface area contributed by atoms with Gasteiger partial charge in [-0.25, -0.2) is 0 Å². The Labute approximate surface area is 145 Å². The molecule has 2 atom stereocenters. The first-order valence-electron chi connectivity index (χ1n) is 8.38. The minimum Gasteiger partial charge on any atom is -0.481 e. The number of benzene rings is 2. The molecule has 2 aromatic carbocycles. The van der Waals surface area contributed by atoms with Crippen LogP contribution in [-0.2, 0) is 4.79 Å². The second kappa shape index (κ2) is 7.52. The third-order valence-corrected chi connectivity index (χ3v) is 4.14. The first kappa shape index (κ1) is 18.1. The van der Waals surface area contributed by atoms with Crippen LogP contribution in [0.2, 0.25) is 0 Å². The Morgan fingerprint density at radius 2 is 1.54 bits per heavy atom. The zero-order valence-corrected chi connectivity index (χ0v) is 15.4. The van der Waals surface area contributed by atoms with Gasteiger partial charge in [0, 0.05) is 0 Å². The third-order valence-electron chi connectivity index (χ3n) is 4.14. The van der Waals surface area contributed by atoms with Gasteiger partial charge >= 0.3 is 0 Å². The maximum absolute atomic E-state index is 12.5. The highest BCUT2D eigenvalue weighted by atomic mass is 16.5. The van der Waals surface area contributed by atoms with Gasteiger partial charge in [-0.1, -0.05) is 29.8 Å². The summed E-state index contributed by atoms with van der Waals surface area (Å²) in [4.78, 5) is 12.5. The summed E-state index contributed by atoms with van der Waals surface area (Å²) in [6.45, 7) is 11.9.